The van der Waals surface area contributed by atoms with E-state index < -0.39 is 22.8 Å². The number of imidazole rings is 1. The second-order valence-corrected chi connectivity index (χ2v) is 10.5. The number of hydrogen-bond acceptors (Lipinski definition) is 4. The van der Waals surface area contributed by atoms with Crippen LogP contribution < -0.4 is 16.1 Å². The maximum atomic E-state index is 13.2. The van der Waals surface area contributed by atoms with Crippen molar-refractivity contribution < 1.29 is 9.59 Å². The number of H-pyrrole nitrogens is 1. The van der Waals surface area contributed by atoms with Gasteiger partial charge in [0.1, 0.15) is 17.0 Å². The van der Waals surface area contributed by atoms with Crippen molar-refractivity contribution in [3.05, 3.63) is 63.3 Å². The number of carbonyl (C=O) groups is 2. The first-order valence-corrected chi connectivity index (χ1v) is 12.4. The molecule has 0 atom stereocenters. The van der Waals surface area contributed by atoms with Crippen molar-refractivity contribution in [2.45, 2.75) is 77.8 Å². The number of aryl methyl sites for hydroxylation is 1. The van der Waals surface area contributed by atoms with Gasteiger partial charge in [0.05, 0.1) is 11.0 Å². The van der Waals surface area contributed by atoms with Gasteiger partial charge < -0.3 is 20.2 Å². The van der Waals surface area contributed by atoms with Crippen LogP contribution in [0.5, 0.6) is 0 Å². The van der Waals surface area contributed by atoms with E-state index in [2.05, 4.69) is 20.6 Å². The van der Waals surface area contributed by atoms with E-state index >= 15 is 0 Å². The molecule has 1 fully saturated rings. The van der Waals surface area contributed by atoms with Crippen LogP contribution in [-0.4, -0.2) is 38.4 Å². The van der Waals surface area contributed by atoms with Crippen molar-refractivity contribution >= 4 is 22.8 Å². The summed E-state index contributed by atoms with van der Waals surface area (Å²) in [7, 11) is 0. The maximum absolute atomic E-state index is 13.2. The van der Waals surface area contributed by atoms with Gasteiger partial charge in [0.2, 0.25) is 5.43 Å². The minimum absolute atomic E-state index is 0.00224. The molecule has 3 aromatic rings. The first-order chi connectivity index (χ1) is 16.6. The van der Waals surface area contributed by atoms with Gasteiger partial charge >= 0.3 is 0 Å². The van der Waals surface area contributed by atoms with E-state index in [-0.39, 0.29) is 17.2 Å². The van der Waals surface area contributed by atoms with Crippen molar-refractivity contribution in [2.24, 2.45) is 0 Å². The van der Waals surface area contributed by atoms with Crippen LogP contribution in [0.15, 0.2) is 35.4 Å². The minimum atomic E-state index is -0.546. The number of aromatic amines is 1. The van der Waals surface area contributed by atoms with Crippen LogP contribution >= 0.6 is 0 Å². The van der Waals surface area contributed by atoms with Gasteiger partial charge in [-0.3, -0.25) is 14.4 Å². The summed E-state index contributed by atoms with van der Waals surface area (Å²) in [6.07, 6.45) is 9.05. The number of nitrogens with one attached hydrogen (secondary N) is 3. The Bertz CT molecular complexity index is 1290. The normalized spacial score (nSPS) is 14.7. The molecule has 1 aliphatic carbocycles. The number of para-hydroxylation sites is 1. The summed E-state index contributed by atoms with van der Waals surface area (Å²) in [6.45, 7) is 7.91. The van der Waals surface area contributed by atoms with E-state index in [0.29, 0.717) is 13.0 Å². The summed E-state index contributed by atoms with van der Waals surface area (Å²) in [6, 6.07) is 6.13. The second-order valence-electron chi connectivity index (χ2n) is 10.5. The van der Waals surface area contributed by atoms with Crippen LogP contribution in [0.4, 0.5) is 0 Å². The predicted molar refractivity (Wildman–Crippen MR) is 137 cm³/mol. The van der Waals surface area contributed by atoms with Crippen LogP contribution in [0.1, 0.15) is 91.0 Å². The molecule has 1 saturated carbocycles. The van der Waals surface area contributed by atoms with E-state index in [9.17, 15) is 14.4 Å². The zero-order valence-corrected chi connectivity index (χ0v) is 21.0. The minimum Gasteiger partial charge on any atom is -0.351 e. The molecule has 1 aliphatic rings. The third kappa shape index (κ3) is 5.81. The first-order valence-electron chi connectivity index (χ1n) is 12.4. The standard InChI is InChI=1S/C27H35N5O3/c1-17-9-8-12-21-23(17)30-22(29-21)13-14-28-25(34)19-15-32(18-10-6-5-7-11-18)16-20(24(19)33)26(35)31-27(2,3)4/h8-9,12,15-16,18H,5-7,10-11,13-14H2,1-4H3,(H,28,34)(H,29,30)(H,31,35). The molecule has 0 unspecified atom stereocenters. The second kappa shape index (κ2) is 10.1. The molecular weight excluding hydrogens is 442 g/mol. The molecule has 0 radical (unpaired) electrons. The lowest BCUT2D eigenvalue weighted by Gasteiger charge is -2.26. The Morgan fingerprint density at radius 1 is 1.09 bits per heavy atom. The lowest BCUT2D eigenvalue weighted by molar-refractivity contribution is 0.0917. The molecule has 35 heavy (non-hydrogen) atoms. The number of nitrogens with zero attached hydrogens (tertiary/aromatic N) is 2. The number of amides is 2. The molecule has 2 heterocycles. The van der Waals surface area contributed by atoms with E-state index in [4.69, 9.17) is 0 Å². The van der Waals surface area contributed by atoms with Gasteiger partial charge in [-0.2, -0.15) is 0 Å². The Morgan fingerprint density at radius 2 is 1.77 bits per heavy atom. The largest absolute Gasteiger partial charge is 0.351 e. The Labute approximate surface area is 205 Å². The topological polar surface area (TPSA) is 109 Å². The molecule has 2 amide bonds. The van der Waals surface area contributed by atoms with Crippen molar-refractivity contribution in [3.63, 3.8) is 0 Å². The average Bonchev–Trinajstić information content (AvgIpc) is 3.23. The molecule has 1 aromatic carbocycles. The lowest BCUT2D eigenvalue weighted by atomic mass is 9.95. The van der Waals surface area contributed by atoms with Gasteiger partial charge in [-0.05, 0) is 52.2 Å². The summed E-state index contributed by atoms with van der Waals surface area (Å²) in [5, 5.41) is 5.71. The summed E-state index contributed by atoms with van der Waals surface area (Å²) in [4.78, 5) is 47.1. The van der Waals surface area contributed by atoms with Crippen LogP contribution in [0.25, 0.3) is 11.0 Å². The number of hydrogen-bond donors (Lipinski definition) is 3. The van der Waals surface area contributed by atoms with Gasteiger partial charge in [0.15, 0.2) is 0 Å². The van der Waals surface area contributed by atoms with Gasteiger partial charge in [0, 0.05) is 36.9 Å². The fraction of sp³-hybridized carbons (Fsp3) is 0.481. The van der Waals surface area contributed by atoms with Gasteiger partial charge in [-0.15, -0.1) is 0 Å². The van der Waals surface area contributed by atoms with Crippen molar-refractivity contribution in [2.75, 3.05) is 6.54 Å². The molecule has 0 saturated heterocycles. The molecule has 186 valence electrons. The molecule has 8 heteroatoms. The number of rotatable bonds is 6. The molecule has 0 bridgehead atoms. The highest BCUT2D eigenvalue weighted by molar-refractivity contribution is 5.99. The third-order valence-corrected chi connectivity index (χ3v) is 6.43. The smallest absolute Gasteiger partial charge is 0.257 e. The third-order valence-electron chi connectivity index (χ3n) is 6.43. The fourth-order valence-electron chi connectivity index (χ4n) is 4.65. The molecule has 0 spiro atoms. The lowest BCUT2D eigenvalue weighted by Crippen LogP contribution is -2.43. The fourth-order valence-corrected chi connectivity index (χ4v) is 4.65. The van der Waals surface area contributed by atoms with E-state index in [0.717, 1.165) is 48.1 Å². The van der Waals surface area contributed by atoms with Gasteiger partial charge in [-0.1, -0.05) is 31.4 Å². The quantitative estimate of drug-likeness (QED) is 0.498. The molecule has 8 nitrogen and oxygen atoms in total. The van der Waals surface area contributed by atoms with Crippen molar-refractivity contribution in [3.8, 4) is 0 Å². The Morgan fingerprint density at radius 3 is 2.43 bits per heavy atom. The monoisotopic (exact) mass is 477 g/mol. The number of carbonyl (C=O) groups excluding carboxylic acids is 2. The molecular formula is C27H35N5O3. The zero-order valence-electron chi connectivity index (χ0n) is 21.0. The molecule has 3 N–H and O–H groups in total. The Kier molecular flexibility index (Phi) is 7.10. The maximum Gasteiger partial charge on any atom is 0.257 e. The van der Waals surface area contributed by atoms with Crippen LogP contribution in [-0.2, 0) is 6.42 Å². The number of aromatic nitrogens is 3. The summed E-state index contributed by atoms with van der Waals surface area (Å²) in [5.74, 6) is -0.163. The zero-order chi connectivity index (χ0) is 25.2. The highest BCUT2D eigenvalue weighted by Gasteiger charge is 2.25. The van der Waals surface area contributed by atoms with Gasteiger partial charge in [0.25, 0.3) is 11.8 Å². The summed E-state index contributed by atoms with van der Waals surface area (Å²) in [5.41, 5.74) is 1.92. The SMILES string of the molecule is Cc1cccc2[nH]c(CCNC(=O)c3cn(C4CCCCC4)cc(C(=O)NC(C)(C)C)c3=O)nc12. The van der Waals surface area contributed by atoms with Gasteiger partial charge in [-0.25, -0.2) is 4.98 Å². The number of fused-ring (bicyclic) bond motifs is 1. The number of benzene rings is 1. The van der Waals surface area contributed by atoms with Crippen LogP contribution in [0.2, 0.25) is 0 Å². The Balaban J connectivity index is 1.55. The molecule has 2 aromatic heterocycles. The first kappa shape index (κ1) is 24.7. The summed E-state index contributed by atoms with van der Waals surface area (Å²) < 4.78 is 1.90. The average molecular weight is 478 g/mol. The highest BCUT2D eigenvalue weighted by atomic mass is 16.2. The van der Waals surface area contributed by atoms with Crippen molar-refractivity contribution in [1.82, 2.24) is 25.2 Å². The van der Waals surface area contributed by atoms with Crippen LogP contribution in [0.3, 0.4) is 0 Å². The Hall–Kier alpha value is -3.42. The van der Waals surface area contributed by atoms with E-state index in [1.165, 1.54) is 6.42 Å². The van der Waals surface area contributed by atoms with Crippen molar-refractivity contribution in [1.29, 1.82) is 0 Å². The van der Waals surface area contributed by atoms with E-state index in [1.807, 2.05) is 50.5 Å². The van der Waals surface area contributed by atoms with Crippen LogP contribution in [0, 0.1) is 6.92 Å². The van der Waals surface area contributed by atoms with E-state index in [1.54, 1.807) is 12.4 Å². The highest BCUT2D eigenvalue weighted by Crippen LogP contribution is 2.28. The number of pyridine rings is 1. The summed E-state index contributed by atoms with van der Waals surface area (Å²) >= 11 is 0. The predicted octanol–water partition coefficient (Wildman–Crippen LogP) is 4.04. The molecule has 4 rings (SSSR count). The molecule has 0 aliphatic heterocycles.